The quantitative estimate of drug-likeness (QED) is 0.132. The van der Waals surface area contributed by atoms with Crippen molar-refractivity contribution in [1.29, 1.82) is 0 Å². The second-order valence-electron chi connectivity index (χ2n) is 14.3. The van der Waals surface area contributed by atoms with Crippen molar-refractivity contribution < 1.29 is 0 Å². The van der Waals surface area contributed by atoms with E-state index in [9.17, 15) is 0 Å². The van der Waals surface area contributed by atoms with Crippen LogP contribution in [0.25, 0.3) is 110 Å². The van der Waals surface area contributed by atoms with Crippen LogP contribution in [0, 0.1) is 0 Å². The largest absolute Gasteiger partial charge is 0.208 e. The number of hydrogen-bond donors (Lipinski definition) is 0. The van der Waals surface area contributed by atoms with E-state index < -0.39 is 0 Å². The Morgan fingerprint density at radius 3 is 1.27 bits per heavy atom. The molecule has 0 atom stereocenters. The zero-order chi connectivity index (χ0) is 37.0. The van der Waals surface area contributed by atoms with E-state index in [4.69, 9.17) is 15.0 Å². The second-order valence-corrected chi connectivity index (χ2v) is 14.3. The Hall–Kier alpha value is -7.49. The Labute approximate surface area is 324 Å². The van der Waals surface area contributed by atoms with Gasteiger partial charge in [0.2, 0.25) is 0 Å². The number of fused-ring (bicyclic) bond motifs is 6. The van der Waals surface area contributed by atoms with Gasteiger partial charge in [-0.2, -0.15) is 0 Å². The Kier molecular flexibility index (Phi) is 7.49. The van der Waals surface area contributed by atoms with E-state index in [0.29, 0.717) is 17.5 Å². The molecule has 0 aliphatic carbocycles. The molecule has 11 rings (SSSR count). The molecule has 0 N–H and O–H groups in total. The molecule has 0 radical (unpaired) electrons. The smallest absolute Gasteiger partial charge is 0.164 e. The first-order valence-electron chi connectivity index (χ1n) is 19.0. The van der Waals surface area contributed by atoms with E-state index in [1.54, 1.807) is 0 Å². The molecule has 10 aromatic carbocycles. The molecule has 3 nitrogen and oxygen atoms in total. The van der Waals surface area contributed by atoms with Gasteiger partial charge in [-0.25, -0.2) is 15.0 Å². The predicted octanol–water partition coefficient (Wildman–Crippen LogP) is 14.0. The van der Waals surface area contributed by atoms with Crippen LogP contribution in [-0.2, 0) is 0 Å². The SMILES string of the molecule is c1ccc(-c2nc(-c3ccccc3)nc(-c3ccc(-c4c5ccccc5c(-c5ccc6c(ccc7ccccc76)c5)c5ccccc45)c4ccccc34)n2)cc1. The summed E-state index contributed by atoms with van der Waals surface area (Å²) in [6.45, 7) is 0. The van der Waals surface area contributed by atoms with Crippen LogP contribution in [0.1, 0.15) is 0 Å². The van der Waals surface area contributed by atoms with Crippen molar-refractivity contribution in [3.63, 3.8) is 0 Å². The summed E-state index contributed by atoms with van der Waals surface area (Å²) in [5, 5.41) is 12.2. The first-order chi connectivity index (χ1) is 27.8. The summed E-state index contributed by atoms with van der Waals surface area (Å²) in [5.41, 5.74) is 7.73. The third-order valence-electron chi connectivity index (χ3n) is 11.1. The molecule has 0 fully saturated rings. The molecule has 260 valence electrons. The van der Waals surface area contributed by atoms with E-state index in [0.717, 1.165) is 27.5 Å². The highest BCUT2D eigenvalue weighted by atomic mass is 15.0. The fraction of sp³-hybridized carbons (Fsp3) is 0. The van der Waals surface area contributed by atoms with Gasteiger partial charge in [-0.3, -0.25) is 0 Å². The van der Waals surface area contributed by atoms with Crippen LogP contribution in [0.3, 0.4) is 0 Å². The minimum absolute atomic E-state index is 0.648. The summed E-state index contributed by atoms with van der Waals surface area (Å²) < 4.78 is 0. The van der Waals surface area contributed by atoms with Crippen LogP contribution >= 0.6 is 0 Å². The molecule has 56 heavy (non-hydrogen) atoms. The fourth-order valence-corrected chi connectivity index (χ4v) is 8.54. The summed E-state index contributed by atoms with van der Waals surface area (Å²) in [7, 11) is 0. The highest BCUT2D eigenvalue weighted by molar-refractivity contribution is 6.24. The first-order valence-corrected chi connectivity index (χ1v) is 19.0. The topological polar surface area (TPSA) is 38.7 Å². The van der Waals surface area contributed by atoms with Gasteiger partial charge in [-0.1, -0.05) is 188 Å². The van der Waals surface area contributed by atoms with Gasteiger partial charge < -0.3 is 0 Å². The molecule has 0 amide bonds. The van der Waals surface area contributed by atoms with E-state index in [1.165, 1.54) is 65.3 Å². The van der Waals surface area contributed by atoms with E-state index >= 15 is 0 Å². The number of benzene rings is 10. The average molecular weight is 712 g/mol. The van der Waals surface area contributed by atoms with Gasteiger partial charge in [-0.15, -0.1) is 0 Å². The normalized spacial score (nSPS) is 11.6. The van der Waals surface area contributed by atoms with Crippen LogP contribution in [0.15, 0.2) is 200 Å². The lowest BCUT2D eigenvalue weighted by Gasteiger charge is -2.20. The Morgan fingerprint density at radius 1 is 0.232 bits per heavy atom. The van der Waals surface area contributed by atoms with Crippen LogP contribution in [0.4, 0.5) is 0 Å². The maximum Gasteiger partial charge on any atom is 0.164 e. The van der Waals surface area contributed by atoms with Crippen molar-refractivity contribution in [1.82, 2.24) is 15.0 Å². The standard InChI is InChI=1S/C53H33N3/c1-3-16-35(17-4-1)51-54-52(36-18-5-2-6-19-36)56-53(55-51)48-32-31-47(41-21-9-10-22-42(41)48)50-45-25-13-11-23-43(45)49(44-24-12-14-26-46(44)50)38-29-30-40-37(33-38)28-27-34-15-7-8-20-39(34)40/h1-33H. The summed E-state index contributed by atoms with van der Waals surface area (Å²) in [6.07, 6.45) is 0. The molecular formula is C53H33N3. The third kappa shape index (κ3) is 5.25. The van der Waals surface area contributed by atoms with Gasteiger partial charge in [0.1, 0.15) is 0 Å². The van der Waals surface area contributed by atoms with Crippen LogP contribution in [0.5, 0.6) is 0 Å². The first kappa shape index (κ1) is 32.0. The van der Waals surface area contributed by atoms with E-state index in [-0.39, 0.29) is 0 Å². The molecule has 11 aromatic rings. The maximum absolute atomic E-state index is 5.11. The molecule has 0 unspecified atom stereocenters. The lowest BCUT2D eigenvalue weighted by molar-refractivity contribution is 1.08. The molecule has 1 heterocycles. The minimum Gasteiger partial charge on any atom is -0.208 e. The lowest BCUT2D eigenvalue weighted by atomic mass is 9.84. The molecule has 0 spiro atoms. The molecule has 0 aliphatic rings. The molecular weight excluding hydrogens is 679 g/mol. The second kappa shape index (κ2) is 13.1. The fourth-order valence-electron chi connectivity index (χ4n) is 8.54. The maximum atomic E-state index is 5.11. The van der Waals surface area contributed by atoms with Gasteiger partial charge in [0.25, 0.3) is 0 Å². The van der Waals surface area contributed by atoms with Crippen LogP contribution < -0.4 is 0 Å². The molecule has 0 saturated heterocycles. The van der Waals surface area contributed by atoms with Crippen molar-refractivity contribution in [2.45, 2.75) is 0 Å². The van der Waals surface area contributed by atoms with Crippen molar-refractivity contribution >= 4 is 53.9 Å². The monoisotopic (exact) mass is 711 g/mol. The molecule has 3 heteroatoms. The van der Waals surface area contributed by atoms with Crippen LogP contribution in [0.2, 0.25) is 0 Å². The molecule has 0 bridgehead atoms. The summed E-state index contributed by atoms with van der Waals surface area (Å²) >= 11 is 0. The Balaban J connectivity index is 1.14. The average Bonchev–Trinajstić information content (AvgIpc) is 3.28. The van der Waals surface area contributed by atoms with Crippen molar-refractivity contribution in [2.75, 3.05) is 0 Å². The molecule has 0 aliphatic heterocycles. The molecule has 0 saturated carbocycles. The van der Waals surface area contributed by atoms with Crippen molar-refractivity contribution in [2.24, 2.45) is 0 Å². The van der Waals surface area contributed by atoms with E-state index in [1.807, 2.05) is 36.4 Å². The van der Waals surface area contributed by atoms with Crippen molar-refractivity contribution in [3.8, 4) is 56.4 Å². The predicted molar refractivity (Wildman–Crippen MR) is 235 cm³/mol. The summed E-state index contributed by atoms with van der Waals surface area (Å²) in [6, 6.07) is 71.3. The number of hydrogen-bond acceptors (Lipinski definition) is 3. The summed E-state index contributed by atoms with van der Waals surface area (Å²) in [5.74, 6) is 1.95. The zero-order valence-corrected chi connectivity index (χ0v) is 30.4. The van der Waals surface area contributed by atoms with Gasteiger partial charge in [0.05, 0.1) is 0 Å². The van der Waals surface area contributed by atoms with Gasteiger partial charge in [-0.05, 0) is 88.2 Å². The number of aromatic nitrogens is 3. The third-order valence-corrected chi connectivity index (χ3v) is 11.1. The minimum atomic E-state index is 0.648. The van der Waals surface area contributed by atoms with Crippen LogP contribution in [-0.4, -0.2) is 15.0 Å². The number of rotatable bonds is 5. The van der Waals surface area contributed by atoms with E-state index in [2.05, 4.69) is 164 Å². The molecule has 1 aromatic heterocycles. The number of nitrogens with zero attached hydrogens (tertiary/aromatic N) is 3. The van der Waals surface area contributed by atoms with Gasteiger partial charge in [0, 0.05) is 16.7 Å². The summed E-state index contributed by atoms with van der Waals surface area (Å²) in [4.78, 5) is 15.2. The van der Waals surface area contributed by atoms with Gasteiger partial charge in [0.15, 0.2) is 17.5 Å². The zero-order valence-electron chi connectivity index (χ0n) is 30.4. The highest BCUT2D eigenvalue weighted by Gasteiger charge is 2.21. The van der Waals surface area contributed by atoms with Crippen molar-refractivity contribution in [3.05, 3.63) is 200 Å². The lowest BCUT2D eigenvalue weighted by Crippen LogP contribution is -2.00. The highest BCUT2D eigenvalue weighted by Crippen LogP contribution is 2.47. The Bertz CT molecular complexity index is 3180. The Morgan fingerprint density at radius 2 is 0.661 bits per heavy atom. The van der Waals surface area contributed by atoms with Gasteiger partial charge >= 0.3 is 0 Å².